The Labute approximate surface area is 121 Å². The minimum atomic E-state index is -0.242. The van der Waals surface area contributed by atoms with E-state index >= 15 is 0 Å². The lowest BCUT2D eigenvalue weighted by Gasteiger charge is -2.19. The van der Waals surface area contributed by atoms with Crippen molar-refractivity contribution in [3.8, 4) is 0 Å². The lowest BCUT2D eigenvalue weighted by Crippen LogP contribution is -2.22. The van der Waals surface area contributed by atoms with Crippen molar-refractivity contribution in [1.29, 1.82) is 0 Å². The summed E-state index contributed by atoms with van der Waals surface area (Å²) < 4.78 is 15.2. The molecule has 0 radical (unpaired) electrons. The molecule has 19 heavy (non-hydrogen) atoms. The van der Waals surface area contributed by atoms with Crippen molar-refractivity contribution < 1.29 is 19.0 Å². The molecule has 0 fully saturated rings. The Hall–Kier alpha value is -0.580. The van der Waals surface area contributed by atoms with Crippen molar-refractivity contribution in [2.75, 3.05) is 20.1 Å². The predicted molar refractivity (Wildman–Crippen MR) is 76.3 cm³/mol. The highest BCUT2D eigenvalue weighted by Crippen LogP contribution is 2.12. The molecule has 0 rings (SSSR count). The first kappa shape index (κ1) is 18.4. The number of carbonyl (C=O) groups excluding carboxylic acids is 1. The van der Waals surface area contributed by atoms with Crippen LogP contribution in [0, 0.1) is 0 Å². The van der Waals surface area contributed by atoms with Gasteiger partial charge in [-0.3, -0.25) is 4.79 Å². The van der Waals surface area contributed by atoms with Crippen LogP contribution in [0.4, 0.5) is 0 Å². The van der Waals surface area contributed by atoms with E-state index in [0.29, 0.717) is 12.3 Å². The first-order chi connectivity index (χ1) is 9.03. The molecule has 5 heteroatoms. The van der Waals surface area contributed by atoms with E-state index in [1.165, 1.54) is 12.7 Å². The zero-order valence-electron chi connectivity index (χ0n) is 12.3. The average Bonchev–Trinajstić information content (AvgIpc) is 2.43. The Kier molecular flexibility index (Phi) is 10.9. The molecule has 0 saturated heterocycles. The highest BCUT2D eigenvalue weighted by atomic mass is 35.5. The van der Waals surface area contributed by atoms with Crippen molar-refractivity contribution in [2.24, 2.45) is 0 Å². The zero-order valence-corrected chi connectivity index (χ0v) is 13.0. The number of alkyl halides is 1. The second-order valence-corrected chi connectivity index (χ2v) is 4.73. The van der Waals surface area contributed by atoms with Gasteiger partial charge in [-0.25, -0.2) is 0 Å². The molecule has 0 aliphatic carbocycles. The van der Waals surface area contributed by atoms with Gasteiger partial charge in [0.25, 0.3) is 0 Å². The quantitative estimate of drug-likeness (QED) is 0.268. The summed E-state index contributed by atoms with van der Waals surface area (Å²) in [5, 5.41) is 0. The number of esters is 1. The summed E-state index contributed by atoms with van der Waals surface area (Å²) in [7, 11) is 3.01. The van der Waals surface area contributed by atoms with Gasteiger partial charge in [-0.15, -0.1) is 11.6 Å². The maximum atomic E-state index is 11.0. The van der Waals surface area contributed by atoms with Gasteiger partial charge in [0.05, 0.1) is 13.2 Å². The monoisotopic (exact) mass is 292 g/mol. The summed E-state index contributed by atoms with van der Waals surface area (Å²) in [5.41, 5.74) is 1.18. The van der Waals surface area contributed by atoms with Crippen LogP contribution >= 0.6 is 11.6 Å². The van der Waals surface area contributed by atoms with Gasteiger partial charge in [0.2, 0.25) is 0 Å². The topological polar surface area (TPSA) is 44.8 Å². The zero-order chi connectivity index (χ0) is 14.7. The van der Waals surface area contributed by atoms with Gasteiger partial charge in [-0.2, -0.15) is 0 Å². The lowest BCUT2D eigenvalue weighted by molar-refractivity contribution is -0.140. The van der Waals surface area contributed by atoms with E-state index in [4.69, 9.17) is 21.1 Å². The Bertz CT molecular complexity index is 279. The van der Waals surface area contributed by atoms with Gasteiger partial charge >= 0.3 is 5.97 Å². The Morgan fingerprint density at radius 1 is 1.32 bits per heavy atom. The van der Waals surface area contributed by atoms with Crippen LogP contribution in [0.5, 0.6) is 0 Å². The molecule has 0 aliphatic heterocycles. The molecule has 0 N–H and O–H groups in total. The summed E-state index contributed by atoms with van der Waals surface area (Å²) in [5.74, 6) is 0.270. The number of halogens is 1. The second kappa shape index (κ2) is 11.3. The normalized spacial score (nSPS) is 15.1. The third-order valence-electron chi connectivity index (χ3n) is 2.82. The fraction of sp³-hybridized carbons (Fsp3) is 0.786. The smallest absolute Gasteiger partial charge is 0.305 e. The lowest BCUT2D eigenvalue weighted by atomic mass is 10.1. The molecule has 0 aromatic rings. The molecule has 0 spiro atoms. The molecule has 0 aromatic carbocycles. The molecule has 4 nitrogen and oxygen atoms in total. The Morgan fingerprint density at radius 3 is 2.53 bits per heavy atom. The van der Waals surface area contributed by atoms with Crippen LogP contribution in [-0.2, 0) is 19.0 Å². The second-order valence-electron chi connectivity index (χ2n) is 4.42. The van der Waals surface area contributed by atoms with Gasteiger partial charge in [-0.05, 0) is 33.1 Å². The molecule has 0 aliphatic rings. The predicted octanol–water partition coefficient (Wildman–Crippen LogP) is 3.28. The molecular weight excluding hydrogens is 268 g/mol. The molecule has 2 atom stereocenters. The van der Waals surface area contributed by atoms with Gasteiger partial charge in [-0.1, -0.05) is 11.6 Å². The summed E-state index contributed by atoms with van der Waals surface area (Å²) >= 11 is 5.84. The van der Waals surface area contributed by atoms with Gasteiger partial charge < -0.3 is 14.2 Å². The Balaban J connectivity index is 3.92. The van der Waals surface area contributed by atoms with Crippen LogP contribution in [0.1, 0.15) is 39.5 Å². The van der Waals surface area contributed by atoms with Crippen LogP contribution in [0.2, 0.25) is 0 Å². The molecule has 0 heterocycles. The molecule has 2 unspecified atom stereocenters. The number of ether oxygens (including phenoxy) is 3. The molecular formula is C14H25ClO4. The van der Waals surface area contributed by atoms with E-state index in [0.717, 1.165) is 19.3 Å². The van der Waals surface area contributed by atoms with E-state index in [-0.39, 0.29) is 18.4 Å². The number of hydrogen-bond donors (Lipinski definition) is 0. The van der Waals surface area contributed by atoms with Crippen molar-refractivity contribution in [3.63, 3.8) is 0 Å². The maximum absolute atomic E-state index is 11.0. The fourth-order valence-corrected chi connectivity index (χ4v) is 1.75. The Morgan fingerprint density at radius 2 is 2.00 bits per heavy atom. The summed E-state index contributed by atoms with van der Waals surface area (Å²) in [6.45, 7) is 3.86. The van der Waals surface area contributed by atoms with E-state index in [1.807, 2.05) is 13.8 Å². The number of hydrogen-bond acceptors (Lipinski definition) is 4. The molecule has 112 valence electrons. The van der Waals surface area contributed by atoms with Crippen LogP contribution in [0.3, 0.4) is 0 Å². The van der Waals surface area contributed by atoms with E-state index < -0.39 is 0 Å². The number of methoxy groups -OCH3 is 2. The van der Waals surface area contributed by atoms with Crippen molar-refractivity contribution in [1.82, 2.24) is 0 Å². The summed E-state index contributed by atoms with van der Waals surface area (Å²) in [6.07, 6.45) is 4.73. The third-order valence-corrected chi connectivity index (χ3v) is 3.16. The number of rotatable bonds is 10. The fourth-order valence-electron chi connectivity index (χ4n) is 1.53. The van der Waals surface area contributed by atoms with Crippen molar-refractivity contribution in [3.05, 3.63) is 11.6 Å². The average molecular weight is 293 g/mol. The molecule has 0 amide bonds. The van der Waals surface area contributed by atoms with Crippen LogP contribution in [-0.4, -0.2) is 38.5 Å². The standard InChI is InChI=1S/C14H25ClO4/c1-11(8-9-14(16)18-4)6-5-7-13(10-15)19-12(2)17-3/h6,12-13H,5,7-10H2,1-4H3. The van der Waals surface area contributed by atoms with Gasteiger partial charge in [0.1, 0.15) is 0 Å². The van der Waals surface area contributed by atoms with Crippen molar-refractivity contribution >= 4 is 17.6 Å². The summed E-state index contributed by atoms with van der Waals surface area (Å²) in [4.78, 5) is 11.0. The van der Waals surface area contributed by atoms with E-state index in [1.54, 1.807) is 7.11 Å². The first-order valence-electron chi connectivity index (χ1n) is 6.50. The number of carbonyl (C=O) groups is 1. The third kappa shape index (κ3) is 9.93. The van der Waals surface area contributed by atoms with Crippen LogP contribution in [0.15, 0.2) is 11.6 Å². The van der Waals surface area contributed by atoms with Gasteiger partial charge in [0.15, 0.2) is 6.29 Å². The minimum Gasteiger partial charge on any atom is -0.469 e. The molecule has 0 bridgehead atoms. The summed E-state index contributed by atoms with van der Waals surface area (Å²) in [6, 6.07) is 0. The maximum Gasteiger partial charge on any atom is 0.305 e. The van der Waals surface area contributed by atoms with E-state index in [2.05, 4.69) is 10.8 Å². The molecule has 0 saturated carbocycles. The largest absolute Gasteiger partial charge is 0.469 e. The molecule has 0 aromatic heterocycles. The SMILES string of the molecule is COC(=O)CCC(C)=CCCC(CCl)OC(C)OC. The number of allylic oxidation sites excluding steroid dienone is 2. The first-order valence-corrected chi connectivity index (χ1v) is 7.03. The van der Waals surface area contributed by atoms with Crippen LogP contribution < -0.4 is 0 Å². The van der Waals surface area contributed by atoms with Gasteiger partial charge in [0, 0.05) is 19.4 Å². The van der Waals surface area contributed by atoms with Crippen molar-refractivity contribution in [2.45, 2.75) is 51.9 Å². The highest BCUT2D eigenvalue weighted by Gasteiger charge is 2.11. The van der Waals surface area contributed by atoms with Crippen LogP contribution in [0.25, 0.3) is 0 Å². The van der Waals surface area contributed by atoms with E-state index in [9.17, 15) is 4.79 Å². The highest BCUT2D eigenvalue weighted by molar-refractivity contribution is 6.18. The minimum absolute atomic E-state index is 0.0127.